The predicted octanol–water partition coefficient (Wildman–Crippen LogP) is 2.83. The van der Waals surface area contributed by atoms with Gasteiger partial charge in [0.1, 0.15) is 11.8 Å². The maximum absolute atomic E-state index is 9.08. The zero-order valence-electron chi connectivity index (χ0n) is 10.6. The lowest BCUT2D eigenvalue weighted by Gasteiger charge is -2.07. The van der Waals surface area contributed by atoms with Gasteiger partial charge in [0.15, 0.2) is 0 Å². The van der Waals surface area contributed by atoms with Crippen LogP contribution in [0.3, 0.4) is 0 Å². The van der Waals surface area contributed by atoms with Crippen LogP contribution in [0.25, 0.3) is 10.9 Å². The molecule has 0 aliphatic rings. The largest absolute Gasteiger partial charge is 0.343 e. The number of benzene rings is 1. The summed E-state index contributed by atoms with van der Waals surface area (Å²) < 4.78 is 2.02. The van der Waals surface area contributed by atoms with Crippen LogP contribution >= 0.6 is 0 Å². The fraction of sp³-hybridized carbons (Fsp3) is 0.0625. The molecule has 0 N–H and O–H groups in total. The molecular formula is C16H10N4. The molecule has 0 saturated heterocycles. The summed E-state index contributed by atoms with van der Waals surface area (Å²) in [6.45, 7) is 0.565. The molecular weight excluding hydrogens is 248 g/mol. The number of nitrogens with zero attached hydrogens (tertiary/aromatic N) is 4. The lowest BCUT2D eigenvalue weighted by atomic mass is 10.1. The molecule has 4 nitrogen and oxygen atoms in total. The maximum Gasteiger partial charge on any atom is 0.145 e. The molecule has 20 heavy (non-hydrogen) atoms. The molecule has 0 aliphatic heterocycles. The normalized spacial score (nSPS) is 10.1. The number of aromatic nitrogens is 2. The van der Waals surface area contributed by atoms with Crippen LogP contribution in [0.5, 0.6) is 0 Å². The van der Waals surface area contributed by atoms with Crippen molar-refractivity contribution in [2.24, 2.45) is 0 Å². The Kier molecular flexibility index (Phi) is 2.91. The minimum absolute atomic E-state index is 0.436. The van der Waals surface area contributed by atoms with Crippen molar-refractivity contribution in [3.05, 3.63) is 65.6 Å². The molecule has 0 fully saturated rings. The molecule has 3 aromatic rings. The summed E-state index contributed by atoms with van der Waals surface area (Å²) >= 11 is 0. The standard InChI is InChI=1S/C16H10N4/c17-9-12-3-4-13-5-7-20(16(13)8-12)11-14-2-1-6-19-15(14)10-18/h1-8H,11H2. The van der Waals surface area contributed by atoms with Crippen molar-refractivity contribution < 1.29 is 0 Å². The van der Waals surface area contributed by atoms with E-state index in [4.69, 9.17) is 10.5 Å². The highest BCUT2D eigenvalue weighted by atomic mass is 15.0. The molecule has 0 radical (unpaired) electrons. The van der Waals surface area contributed by atoms with Crippen molar-refractivity contribution in [3.63, 3.8) is 0 Å². The molecule has 0 aliphatic carbocycles. The quantitative estimate of drug-likeness (QED) is 0.709. The van der Waals surface area contributed by atoms with Crippen LogP contribution in [-0.4, -0.2) is 9.55 Å². The van der Waals surface area contributed by atoms with Crippen molar-refractivity contribution in [2.75, 3.05) is 0 Å². The highest BCUT2D eigenvalue weighted by Gasteiger charge is 2.06. The van der Waals surface area contributed by atoms with E-state index >= 15 is 0 Å². The molecule has 0 amide bonds. The molecule has 4 heteroatoms. The van der Waals surface area contributed by atoms with Gasteiger partial charge in [0.25, 0.3) is 0 Å². The molecule has 0 atom stereocenters. The summed E-state index contributed by atoms with van der Waals surface area (Å²) in [5, 5.41) is 19.1. The van der Waals surface area contributed by atoms with Gasteiger partial charge in [-0.2, -0.15) is 10.5 Å². The second-order valence-corrected chi connectivity index (χ2v) is 4.45. The van der Waals surface area contributed by atoms with Crippen LogP contribution in [0.4, 0.5) is 0 Å². The molecule has 2 aromatic heterocycles. The van der Waals surface area contributed by atoms with Gasteiger partial charge in [-0.25, -0.2) is 4.98 Å². The minimum Gasteiger partial charge on any atom is -0.343 e. The first-order valence-corrected chi connectivity index (χ1v) is 6.15. The van der Waals surface area contributed by atoms with Crippen LogP contribution in [0.1, 0.15) is 16.8 Å². The summed E-state index contributed by atoms with van der Waals surface area (Å²) in [4.78, 5) is 4.06. The van der Waals surface area contributed by atoms with Gasteiger partial charge in [-0.1, -0.05) is 12.1 Å². The number of fused-ring (bicyclic) bond motifs is 1. The van der Waals surface area contributed by atoms with E-state index in [-0.39, 0.29) is 0 Å². The van der Waals surface area contributed by atoms with Crippen LogP contribution in [0.15, 0.2) is 48.8 Å². The molecule has 0 saturated carbocycles. The molecule has 3 rings (SSSR count). The van der Waals surface area contributed by atoms with Crippen molar-refractivity contribution in [1.82, 2.24) is 9.55 Å². The van der Waals surface area contributed by atoms with E-state index in [0.29, 0.717) is 17.8 Å². The summed E-state index contributed by atoms with van der Waals surface area (Å²) in [6.07, 6.45) is 3.57. The zero-order chi connectivity index (χ0) is 13.9. The van der Waals surface area contributed by atoms with Crippen molar-refractivity contribution >= 4 is 10.9 Å². The number of pyridine rings is 1. The van der Waals surface area contributed by atoms with Crippen LogP contribution < -0.4 is 0 Å². The molecule has 0 unspecified atom stereocenters. The third kappa shape index (κ3) is 2.00. The Morgan fingerprint density at radius 3 is 2.80 bits per heavy atom. The Bertz CT molecular complexity index is 862. The van der Waals surface area contributed by atoms with E-state index in [1.165, 1.54) is 0 Å². The van der Waals surface area contributed by atoms with Gasteiger partial charge in [0.05, 0.1) is 18.2 Å². The first kappa shape index (κ1) is 12.0. The maximum atomic E-state index is 9.08. The van der Waals surface area contributed by atoms with Gasteiger partial charge < -0.3 is 4.57 Å². The second kappa shape index (κ2) is 4.87. The average Bonchev–Trinajstić information content (AvgIpc) is 2.90. The number of hydrogen-bond donors (Lipinski definition) is 0. The zero-order valence-corrected chi connectivity index (χ0v) is 10.6. The van der Waals surface area contributed by atoms with Gasteiger partial charge in [0, 0.05) is 23.5 Å². The fourth-order valence-corrected chi connectivity index (χ4v) is 2.24. The van der Waals surface area contributed by atoms with Gasteiger partial charge >= 0.3 is 0 Å². The van der Waals surface area contributed by atoms with Crippen LogP contribution in [0, 0.1) is 22.7 Å². The smallest absolute Gasteiger partial charge is 0.145 e. The Morgan fingerprint density at radius 2 is 2.00 bits per heavy atom. The van der Waals surface area contributed by atoms with E-state index in [1.54, 1.807) is 12.3 Å². The Labute approximate surface area is 116 Å². The summed E-state index contributed by atoms with van der Waals surface area (Å²) in [7, 11) is 0. The van der Waals surface area contributed by atoms with Crippen molar-refractivity contribution in [2.45, 2.75) is 6.54 Å². The molecule has 2 heterocycles. The van der Waals surface area contributed by atoms with Gasteiger partial charge in [-0.3, -0.25) is 0 Å². The fourth-order valence-electron chi connectivity index (χ4n) is 2.24. The first-order valence-electron chi connectivity index (χ1n) is 6.15. The van der Waals surface area contributed by atoms with E-state index < -0.39 is 0 Å². The predicted molar refractivity (Wildman–Crippen MR) is 74.7 cm³/mol. The third-order valence-corrected chi connectivity index (χ3v) is 3.24. The highest BCUT2D eigenvalue weighted by molar-refractivity contribution is 5.81. The molecule has 0 spiro atoms. The first-order chi connectivity index (χ1) is 9.81. The van der Waals surface area contributed by atoms with E-state index in [0.717, 1.165) is 16.5 Å². The SMILES string of the molecule is N#Cc1ccc2ccn(Cc3cccnc3C#N)c2c1. The van der Waals surface area contributed by atoms with Crippen molar-refractivity contribution in [1.29, 1.82) is 10.5 Å². The second-order valence-electron chi connectivity index (χ2n) is 4.45. The number of rotatable bonds is 2. The van der Waals surface area contributed by atoms with E-state index in [9.17, 15) is 0 Å². The van der Waals surface area contributed by atoms with Gasteiger partial charge in [-0.15, -0.1) is 0 Å². The summed E-state index contributed by atoms with van der Waals surface area (Å²) in [6, 6.07) is 15.6. The Morgan fingerprint density at radius 1 is 1.10 bits per heavy atom. The lowest BCUT2D eigenvalue weighted by Crippen LogP contribution is -2.01. The van der Waals surface area contributed by atoms with Crippen LogP contribution in [-0.2, 0) is 6.54 Å². The summed E-state index contributed by atoms with van der Waals surface area (Å²) in [5.41, 5.74) is 2.92. The topological polar surface area (TPSA) is 65.4 Å². The lowest BCUT2D eigenvalue weighted by molar-refractivity contribution is 0.827. The monoisotopic (exact) mass is 258 g/mol. The van der Waals surface area contributed by atoms with Gasteiger partial charge in [0.2, 0.25) is 0 Å². The van der Waals surface area contributed by atoms with Crippen LogP contribution in [0.2, 0.25) is 0 Å². The number of nitriles is 2. The highest BCUT2D eigenvalue weighted by Crippen LogP contribution is 2.19. The third-order valence-electron chi connectivity index (χ3n) is 3.24. The molecule has 1 aromatic carbocycles. The molecule has 0 bridgehead atoms. The Hall–Kier alpha value is -3.11. The number of hydrogen-bond acceptors (Lipinski definition) is 3. The van der Waals surface area contributed by atoms with E-state index in [1.807, 2.05) is 41.1 Å². The average molecular weight is 258 g/mol. The minimum atomic E-state index is 0.436. The van der Waals surface area contributed by atoms with E-state index in [2.05, 4.69) is 17.1 Å². The molecule has 94 valence electrons. The summed E-state index contributed by atoms with van der Waals surface area (Å²) in [5.74, 6) is 0. The Balaban J connectivity index is 2.07. The van der Waals surface area contributed by atoms with Gasteiger partial charge in [-0.05, 0) is 29.7 Å². The van der Waals surface area contributed by atoms with Crippen molar-refractivity contribution in [3.8, 4) is 12.1 Å².